The van der Waals surface area contributed by atoms with Gasteiger partial charge in [-0.3, -0.25) is 4.79 Å². The summed E-state index contributed by atoms with van der Waals surface area (Å²) in [5, 5.41) is 3.24. The summed E-state index contributed by atoms with van der Waals surface area (Å²) in [5.41, 5.74) is 6.34. The number of amides is 1. The van der Waals surface area contributed by atoms with E-state index in [0.717, 1.165) is 6.42 Å². The molecule has 0 fully saturated rings. The Kier molecular flexibility index (Phi) is 6.45. The molecule has 5 nitrogen and oxygen atoms in total. The van der Waals surface area contributed by atoms with Crippen LogP contribution < -0.4 is 20.5 Å². The number of carbonyl (C=O) groups is 1. The van der Waals surface area contributed by atoms with Crippen LogP contribution in [0.1, 0.15) is 18.9 Å². The summed E-state index contributed by atoms with van der Waals surface area (Å²) in [6, 6.07) is 3.32. The highest BCUT2D eigenvalue weighted by molar-refractivity contribution is 6.30. The molecule has 1 amide bonds. The van der Waals surface area contributed by atoms with Gasteiger partial charge in [0.15, 0.2) is 18.1 Å². The fourth-order valence-electron chi connectivity index (χ4n) is 1.54. The fourth-order valence-corrected chi connectivity index (χ4v) is 1.77. The van der Waals surface area contributed by atoms with Gasteiger partial charge in [0.2, 0.25) is 0 Å². The largest absolute Gasteiger partial charge is 0.493 e. The number of benzene rings is 1. The van der Waals surface area contributed by atoms with Gasteiger partial charge >= 0.3 is 0 Å². The Labute approximate surface area is 118 Å². The normalized spacial score (nSPS) is 10.1. The van der Waals surface area contributed by atoms with E-state index in [1.165, 1.54) is 7.11 Å². The molecule has 0 bridgehead atoms. The second-order valence-electron chi connectivity index (χ2n) is 3.94. The minimum Gasteiger partial charge on any atom is -0.493 e. The van der Waals surface area contributed by atoms with Gasteiger partial charge in [0.1, 0.15) is 0 Å². The third-order valence-corrected chi connectivity index (χ3v) is 2.67. The molecule has 1 rings (SSSR count). The predicted molar refractivity (Wildman–Crippen MR) is 74.7 cm³/mol. The van der Waals surface area contributed by atoms with Crippen molar-refractivity contribution < 1.29 is 14.3 Å². The molecule has 0 aliphatic carbocycles. The molecule has 1 aromatic rings. The van der Waals surface area contributed by atoms with Crippen LogP contribution in [0.2, 0.25) is 5.02 Å². The van der Waals surface area contributed by atoms with Gasteiger partial charge in [0.05, 0.1) is 7.11 Å². The fraction of sp³-hybridized carbons (Fsp3) is 0.462. The first-order chi connectivity index (χ1) is 9.12. The SMILES string of the molecule is CCCNC(=O)COc1c(CN)cc(Cl)cc1OC. The van der Waals surface area contributed by atoms with Gasteiger partial charge in [0.25, 0.3) is 5.91 Å². The summed E-state index contributed by atoms with van der Waals surface area (Å²) >= 11 is 5.94. The Morgan fingerprint density at radius 1 is 1.47 bits per heavy atom. The topological polar surface area (TPSA) is 73.6 Å². The van der Waals surface area contributed by atoms with Crippen molar-refractivity contribution in [3.8, 4) is 11.5 Å². The quantitative estimate of drug-likeness (QED) is 0.800. The van der Waals surface area contributed by atoms with Crippen LogP contribution >= 0.6 is 11.6 Å². The number of nitrogens with two attached hydrogens (primary N) is 1. The van der Waals surface area contributed by atoms with Gasteiger partial charge in [-0.2, -0.15) is 0 Å². The number of rotatable bonds is 7. The molecule has 3 N–H and O–H groups in total. The molecule has 0 aliphatic heterocycles. The van der Waals surface area contributed by atoms with Gasteiger partial charge in [0, 0.05) is 29.7 Å². The first kappa shape index (κ1) is 15.6. The average molecular weight is 287 g/mol. The molecule has 106 valence electrons. The van der Waals surface area contributed by atoms with Gasteiger partial charge in [-0.15, -0.1) is 0 Å². The minimum atomic E-state index is -0.179. The second kappa shape index (κ2) is 7.86. The molecule has 19 heavy (non-hydrogen) atoms. The van der Waals surface area contributed by atoms with E-state index < -0.39 is 0 Å². The number of methoxy groups -OCH3 is 1. The van der Waals surface area contributed by atoms with Crippen molar-refractivity contribution in [3.05, 3.63) is 22.7 Å². The van der Waals surface area contributed by atoms with E-state index in [2.05, 4.69) is 5.32 Å². The molecule has 0 atom stereocenters. The highest BCUT2D eigenvalue weighted by Gasteiger charge is 2.13. The molecule has 0 heterocycles. The predicted octanol–water partition coefficient (Wildman–Crippen LogP) is 1.71. The van der Waals surface area contributed by atoms with Crippen molar-refractivity contribution in [2.24, 2.45) is 5.73 Å². The van der Waals surface area contributed by atoms with E-state index in [1.807, 2.05) is 6.92 Å². The number of nitrogens with one attached hydrogen (secondary N) is 1. The smallest absolute Gasteiger partial charge is 0.257 e. The first-order valence-corrected chi connectivity index (χ1v) is 6.46. The Bertz CT molecular complexity index is 413. The van der Waals surface area contributed by atoms with Crippen LogP contribution in [-0.2, 0) is 11.3 Å². The van der Waals surface area contributed by atoms with Crippen molar-refractivity contribution in [1.82, 2.24) is 5.32 Å². The van der Waals surface area contributed by atoms with Crippen LogP contribution in [0, 0.1) is 0 Å². The molecule has 1 aromatic carbocycles. The maximum atomic E-state index is 11.5. The molecule has 0 spiro atoms. The van der Waals surface area contributed by atoms with Crippen LogP contribution in [0.5, 0.6) is 11.5 Å². The van der Waals surface area contributed by atoms with E-state index in [1.54, 1.807) is 12.1 Å². The summed E-state index contributed by atoms with van der Waals surface area (Å²) in [6.45, 7) is 2.79. The highest BCUT2D eigenvalue weighted by atomic mass is 35.5. The Morgan fingerprint density at radius 3 is 2.79 bits per heavy atom. The van der Waals surface area contributed by atoms with Gasteiger partial charge in [-0.25, -0.2) is 0 Å². The zero-order chi connectivity index (χ0) is 14.3. The van der Waals surface area contributed by atoms with Gasteiger partial charge in [-0.05, 0) is 12.5 Å². The maximum absolute atomic E-state index is 11.5. The Morgan fingerprint density at radius 2 is 2.21 bits per heavy atom. The Balaban J connectivity index is 2.78. The van der Waals surface area contributed by atoms with Crippen LogP contribution in [-0.4, -0.2) is 26.2 Å². The number of halogens is 1. The van der Waals surface area contributed by atoms with E-state index in [4.69, 9.17) is 26.8 Å². The molecule has 0 radical (unpaired) electrons. The zero-order valence-corrected chi connectivity index (χ0v) is 11.9. The number of carbonyl (C=O) groups excluding carboxylic acids is 1. The lowest BCUT2D eigenvalue weighted by Gasteiger charge is -2.14. The molecule has 0 saturated carbocycles. The van der Waals surface area contributed by atoms with Crippen LogP contribution in [0.4, 0.5) is 0 Å². The second-order valence-corrected chi connectivity index (χ2v) is 4.38. The third kappa shape index (κ3) is 4.61. The molecule has 0 aliphatic rings. The maximum Gasteiger partial charge on any atom is 0.257 e. The lowest BCUT2D eigenvalue weighted by molar-refractivity contribution is -0.123. The lowest BCUT2D eigenvalue weighted by atomic mass is 10.2. The number of hydrogen-bond acceptors (Lipinski definition) is 4. The zero-order valence-electron chi connectivity index (χ0n) is 11.2. The lowest BCUT2D eigenvalue weighted by Crippen LogP contribution is -2.29. The van der Waals surface area contributed by atoms with Crippen molar-refractivity contribution >= 4 is 17.5 Å². The van der Waals surface area contributed by atoms with Gasteiger partial charge < -0.3 is 20.5 Å². The molecule has 0 aromatic heterocycles. The summed E-state index contributed by atoms with van der Waals surface area (Å²) in [6.07, 6.45) is 0.879. The average Bonchev–Trinajstić information content (AvgIpc) is 2.42. The molecular formula is C13H19ClN2O3. The monoisotopic (exact) mass is 286 g/mol. The van der Waals surface area contributed by atoms with E-state index in [-0.39, 0.29) is 19.1 Å². The highest BCUT2D eigenvalue weighted by Crippen LogP contribution is 2.34. The third-order valence-electron chi connectivity index (χ3n) is 2.46. The van der Waals surface area contributed by atoms with E-state index in [9.17, 15) is 4.79 Å². The molecular weight excluding hydrogens is 268 g/mol. The number of ether oxygens (including phenoxy) is 2. The summed E-state index contributed by atoms with van der Waals surface area (Å²) < 4.78 is 10.7. The Hall–Kier alpha value is -1.46. The van der Waals surface area contributed by atoms with E-state index >= 15 is 0 Å². The van der Waals surface area contributed by atoms with Crippen LogP contribution in [0.15, 0.2) is 12.1 Å². The standard InChI is InChI=1S/C13H19ClN2O3/c1-3-4-16-12(17)8-19-13-9(7-15)5-10(14)6-11(13)18-2/h5-6H,3-4,7-8,15H2,1-2H3,(H,16,17). The number of hydrogen-bond donors (Lipinski definition) is 2. The van der Waals surface area contributed by atoms with Crippen molar-refractivity contribution in [3.63, 3.8) is 0 Å². The van der Waals surface area contributed by atoms with Gasteiger partial charge in [-0.1, -0.05) is 18.5 Å². The summed E-state index contributed by atoms with van der Waals surface area (Å²) in [5.74, 6) is 0.749. The molecule has 6 heteroatoms. The van der Waals surface area contributed by atoms with Crippen molar-refractivity contribution in [1.29, 1.82) is 0 Å². The molecule has 0 saturated heterocycles. The summed E-state index contributed by atoms with van der Waals surface area (Å²) in [7, 11) is 1.51. The van der Waals surface area contributed by atoms with E-state index in [0.29, 0.717) is 28.6 Å². The minimum absolute atomic E-state index is 0.0784. The van der Waals surface area contributed by atoms with Crippen molar-refractivity contribution in [2.45, 2.75) is 19.9 Å². The summed E-state index contributed by atoms with van der Waals surface area (Å²) in [4.78, 5) is 11.5. The first-order valence-electron chi connectivity index (χ1n) is 6.08. The van der Waals surface area contributed by atoms with Crippen LogP contribution in [0.3, 0.4) is 0 Å². The van der Waals surface area contributed by atoms with Crippen LogP contribution in [0.25, 0.3) is 0 Å². The molecule has 0 unspecified atom stereocenters. The van der Waals surface area contributed by atoms with Crippen molar-refractivity contribution in [2.75, 3.05) is 20.3 Å².